The summed E-state index contributed by atoms with van der Waals surface area (Å²) in [6.07, 6.45) is 4.74. The van der Waals surface area contributed by atoms with Crippen LogP contribution in [0, 0.1) is 6.92 Å². The largest absolute Gasteiger partial charge is 0.468 e. The average molecular weight is 572 g/mol. The molecule has 6 aromatic rings. The van der Waals surface area contributed by atoms with E-state index in [-0.39, 0.29) is 12.5 Å². The fraction of sp³-hybridized carbons (Fsp3) is 0.107. The number of rotatable bonds is 6. The molecule has 1 aliphatic heterocycles. The summed E-state index contributed by atoms with van der Waals surface area (Å²) in [7, 11) is 0. The van der Waals surface area contributed by atoms with Gasteiger partial charge in [0.25, 0.3) is 0 Å². The minimum Gasteiger partial charge on any atom is -0.468 e. The quantitative estimate of drug-likeness (QED) is 0.169. The molecule has 0 bridgehead atoms. The average Bonchev–Trinajstić information content (AvgIpc) is 3.71. The van der Waals surface area contributed by atoms with Crippen molar-refractivity contribution < 1.29 is 14.0 Å². The van der Waals surface area contributed by atoms with Crippen molar-refractivity contribution in [3.05, 3.63) is 117 Å². The molecule has 0 amide bonds. The maximum Gasteiger partial charge on any atom is 0.230 e. The van der Waals surface area contributed by atoms with Crippen molar-refractivity contribution >= 4 is 35.1 Å². The van der Waals surface area contributed by atoms with Crippen LogP contribution in [0.5, 0.6) is 11.8 Å². The molecule has 0 spiro atoms. The fourth-order valence-electron chi connectivity index (χ4n) is 4.75. The Morgan fingerprint density at radius 1 is 1.02 bits per heavy atom. The van der Waals surface area contributed by atoms with Crippen molar-refractivity contribution in [3.63, 3.8) is 0 Å². The summed E-state index contributed by atoms with van der Waals surface area (Å²) in [4.78, 5) is 14.8. The second kappa shape index (κ2) is 9.82. The highest BCUT2D eigenvalue weighted by molar-refractivity contribution is 6.33. The smallest absolute Gasteiger partial charge is 0.230 e. The molecule has 0 saturated carbocycles. The first-order valence-electron chi connectivity index (χ1n) is 12.3. The fourth-order valence-corrected chi connectivity index (χ4v) is 5.06. The molecule has 7 rings (SSSR count). The van der Waals surface area contributed by atoms with Crippen molar-refractivity contribution in [1.29, 1.82) is 0 Å². The highest BCUT2D eigenvalue weighted by Crippen LogP contribution is 2.49. The van der Waals surface area contributed by atoms with Gasteiger partial charge in [-0.3, -0.25) is 0 Å². The molecule has 2 aromatic carbocycles. The third-order valence-corrected chi connectivity index (χ3v) is 7.12. The number of hydrogen-bond donors (Lipinski definition) is 0. The van der Waals surface area contributed by atoms with Gasteiger partial charge in [-0.1, -0.05) is 46.6 Å². The summed E-state index contributed by atoms with van der Waals surface area (Å²) in [5, 5.41) is 14.6. The van der Waals surface area contributed by atoms with Gasteiger partial charge < -0.3 is 14.0 Å². The maximum atomic E-state index is 6.38. The maximum absolute atomic E-state index is 6.38. The van der Waals surface area contributed by atoms with Crippen molar-refractivity contribution in [2.24, 2.45) is 5.16 Å². The van der Waals surface area contributed by atoms with Crippen LogP contribution in [0.25, 0.3) is 11.3 Å². The Bertz CT molecular complexity index is 1880. The van der Waals surface area contributed by atoms with E-state index in [4.69, 9.17) is 47.3 Å². The van der Waals surface area contributed by atoms with E-state index >= 15 is 0 Å². The van der Waals surface area contributed by atoms with E-state index in [0.29, 0.717) is 44.6 Å². The molecule has 0 saturated heterocycles. The lowest BCUT2D eigenvalue weighted by atomic mass is 9.88. The van der Waals surface area contributed by atoms with Crippen LogP contribution >= 0.6 is 23.2 Å². The first-order valence-corrected chi connectivity index (χ1v) is 13.0. The van der Waals surface area contributed by atoms with Gasteiger partial charge in [0.05, 0.1) is 40.9 Å². The molecule has 1 aliphatic rings. The highest BCUT2D eigenvalue weighted by Gasteiger charge is 2.39. The van der Waals surface area contributed by atoms with E-state index in [1.54, 1.807) is 46.2 Å². The molecule has 4 aromatic heterocycles. The lowest BCUT2D eigenvalue weighted by Crippen LogP contribution is -2.15. The SMILES string of the molecule is Cc1nn(-c2ccc(Cl)cc2)c2c1[C@@H](c1ccco1)c1c(ncn3nc(CO/N=C\c4ccccc4Cl)nc13)O2. The predicted octanol–water partition coefficient (Wildman–Crippen LogP) is 6.35. The van der Waals surface area contributed by atoms with Crippen LogP contribution in [-0.4, -0.2) is 35.6 Å². The molecule has 0 N–H and O–H groups in total. The normalized spacial score (nSPS) is 14.3. The Kier molecular flexibility index (Phi) is 5.98. The molecule has 1 atom stereocenters. The highest BCUT2D eigenvalue weighted by atomic mass is 35.5. The van der Waals surface area contributed by atoms with Gasteiger partial charge in [0.15, 0.2) is 18.1 Å². The van der Waals surface area contributed by atoms with Crippen molar-refractivity contribution in [2.45, 2.75) is 19.4 Å². The first-order chi connectivity index (χ1) is 19.6. The summed E-state index contributed by atoms with van der Waals surface area (Å²) < 4.78 is 15.6. The van der Waals surface area contributed by atoms with Crippen molar-refractivity contribution in [1.82, 2.24) is 29.4 Å². The van der Waals surface area contributed by atoms with E-state index < -0.39 is 0 Å². The van der Waals surface area contributed by atoms with E-state index in [9.17, 15) is 0 Å². The number of fused-ring (bicyclic) bond motifs is 4. The van der Waals surface area contributed by atoms with Crippen LogP contribution in [0.3, 0.4) is 0 Å². The molecule has 40 heavy (non-hydrogen) atoms. The Morgan fingerprint density at radius 3 is 2.67 bits per heavy atom. The van der Waals surface area contributed by atoms with E-state index in [1.165, 1.54) is 0 Å². The Hall–Kier alpha value is -4.67. The molecular weight excluding hydrogens is 553 g/mol. The molecule has 0 radical (unpaired) electrons. The van der Waals surface area contributed by atoms with E-state index in [0.717, 1.165) is 22.5 Å². The molecular formula is C28H19Cl2N7O3. The number of hydrogen-bond acceptors (Lipinski definition) is 8. The number of oxime groups is 1. The predicted molar refractivity (Wildman–Crippen MR) is 148 cm³/mol. The Balaban J connectivity index is 1.28. The number of halogens is 2. The molecule has 12 heteroatoms. The van der Waals surface area contributed by atoms with Crippen LogP contribution in [0.2, 0.25) is 10.0 Å². The van der Waals surface area contributed by atoms with Gasteiger partial charge in [-0.15, -0.1) is 5.10 Å². The number of furan rings is 1. The first kappa shape index (κ1) is 24.4. The lowest BCUT2D eigenvalue weighted by Gasteiger charge is -2.24. The topological polar surface area (TPSA) is 105 Å². The zero-order valence-corrected chi connectivity index (χ0v) is 22.4. The van der Waals surface area contributed by atoms with Gasteiger partial charge in [-0.25, -0.2) is 19.2 Å². The van der Waals surface area contributed by atoms with E-state index in [2.05, 4.69) is 15.2 Å². The third kappa shape index (κ3) is 4.18. The summed E-state index contributed by atoms with van der Waals surface area (Å²) in [5.74, 6) is 1.66. The molecule has 0 fully saturated rings. The monoisotopic (exact) mass is 571 g/mol. The lowest BCUT2D eigenvalue weighted by molar-refractivity contribution is 0.126. The zero-order valence-electron chi connectivity index (χ0n) is 20.9. The molecule has 10 nitrogen and oxygen atoms in total. The number of nitrogens with zero attached hydrogens (tertiary/aromatic N) is 7. The molecule has 0 unspecified atom stereocenters. The second-order valence-corrected chi connectivity index (χ2v) is 9.88. The van der Waals surface area contributed by atoms with Gasteiger partial charge in [0.2, 0.25) is 11.8 Å². The van der Waals surface area contributed by atoms with Crippen LogP contribution in [-0.2, 0) is 11.4 Å². The summed E-state index contributed by atoms with van der Waals surface area (Å²) in [6.45, 7) is 1.98. The van der Waals surface area contributed by atoms with Crippen LogP contribution in [0.4, 0.5) is 0 Å². The Morgan fingerprint density at radius 2 is 1.88 bits per heavy atom. The standard InChI is InChI=1S/C28H19Cl2N7O3/c1-16-23-24(21-7-4-12-38-21)25-26-33-22(14-39-32-13-17-5-2-3-6-20(17)30)35-36(26)15-31-27(25)40-28(23)37(34-16)19-10-8-18(29)9-11-19/h2-13,15,24H,14H2,1H3/b32-13-/t24-/m1/s1. The zero-order chi connectivity index (χ0) is 27.2. The molecule has 5 heterocycles. The summed E-state index contributed by atoms with van der Waals surface area (Å²) in [5.41, 5.74) is 4.43. The van der Waals surface area contributed by atoms with Crippen LogP contribution < -0.4 is 4.74 Å². The van der Waals surface area contributed by atoms with Gasteiger partial charge in [0, 0.05) is 15.6 Å². The minimum absolute atomic E-state index is 0.0441. The van der Waals surface area contributed by atoms with Crippen molar-refractivity contribution in [3.8, 4) is 17.4 Å². The van der Waals surface area contributed by atoms with Gasteiger partial charge in [-0.05, 0) is 49.4 Å². The summed E-state index contributed by atoms with van der Waals surface area (Å²) >= 11 is 12.3. The van der Waals surface area contributed by atoms with Gasteiger partial charge in [-0.2, -0.15) is 5.10 Å². The molecule has 198 valence electrons. The number of ether oxygens (including phenoxy) is 1. The second-order valence-electron chi connectivity index (χ2n) is 9.03. The third-order valence-electron chi connectivity index (χ3n) is 6.53. The van der Waals surface area contributed by atoms with Crippen molar-refractivity contribution in [2.75, 3.05) is 0 Å². The summed E-state index contributed by atoms with van der Waals surface area (Å²) in [6, 6.07) is 18.5. The van der Waals surface area contributed by atoms with Crippen LogP contribution in [0.15, 0.2) is 82.8 Å². The Labute approximate surface area is 237 Å². The van der Waals surface area contributed by atoms with E-state index in [1.807, 2.05) is 49.4 Å². The number of benzene rings is 2. The number of aromatic nitrogens is 6. The molecule has 0 aliphatic carbocycles. The van der Waals surface area contributed by atoms with Crippen LogP contribution in [0.1, 0.15) is 39.9 Å². The van der Waals surface area contributed by atoms with Gasteiger partial charge in [0.1, 0.15) is 12.1 Å². The van der Waals surface area contributed by atoms with Gasteiger partial charge >= 0.3 is 0 Å². The number of aryl methyl sites for hydroxylation is 1. The minimum atomic E-state index is -0.387.